The Morgan fingerprint density at radius 2 is 2.21 bits per heavy atom. The van der Waals surface area contributed by atoms with Gasteiger partial charge in [-0.05, 0) is 6.42 Å². The maximum absolute atomic E-state index is 10.4. The van der Waals surface area contributed by atoms with Crippen molar-refractivity contribution in [2.45, 2.75) is 26.2 Å². The van der Waals surface area contributed by atoms with Crippen molar-refractivity contribution in [3.8, 4) is 0 Å². The highest BCUT2D eigenvalue weighted by Gasteiger charge is 1.96. The molecule has 0 saturated carbocycles. The van der Waals surface area contributed by atoms with E-state index < -0.39 is 0 Å². The van der Waals surface area contributed by atoms with Gasteiger partial charge in [-0.1, -0.05) is 13.3 Å². The van der Waals surface area contributed by atoms with E-state index in [1.165, 1.54) is 0 Å². The van der Waals surface area contributed by atoms with Crippen molar-refractivity contribution in [3.05, 3.63) is 0 Å². The van der Waals surface area contributed by atoms with E-state index in [-0.39, 0.29) is 12.3 Å². The number of aliphatic imine (C=N–C) groups is 1. The number of amides is 1. The highest BCUT2D eigenvalue weighted by atomic mass is 16.1. The number of nitrogens with zero attached hydrogens (tertiary/aromatic N) is 1. The summed E-state index contributed by atoms with van der Waals surface area (Å²) < 4.78 is 0. The standard InChI is InChI=1S/C8H19N5O/c1-2-3-5-11-8(13-10)12-6-4-7(9)14/h2-6,10H2,1H3,(H2,9,14)(H2,11,12,13). The average Bonchev–Trinajstić information content (AvgIpc) is 2.15. The van der Waals surface area contributed by atoms with Gasteiger partial charge in [0, 0.05) is 19.5 Å². The summed E-state index contributed by atoms with van der Waals surface area (Å²) in [6, 6.07) is 0. The van der Waals surface area contributed by atoms with Gasteiger partial charge in [0.25, 0.3) is 0 Å². The van der Waals surface area contributed by atoms with E-state index in [9.17, 15) is 4.79 Å². The number of unbranched alkanes of at least 4 members (excludes halogenated alkanes) is 1. The van der Waals surface area contributed by atoms with E-state index >= 15 is 0 Å². The largest absolute Gasteiger partial charge is 0.370 e. The Labute approximate surface area is 84.1 Å². The monoisotopic (exact) mass is 201 g/mol. The maximum Gasteiger partial charge on any atom is 0.219 e. The van der Waals surface area contributed by atoms with E-state index in [0.29, 0.717) is 12.5 Å². The minimum atomic E-state index is -0.345. The molecule has 0 spiro atoms. The maximum atomic E-state index is 10.4. The first-order chi connectivity index (χ1) is 6.70. The summed E-state index contributed by atoms with van der Waals surface area (Å²) in [5.41, 5.74) is 7.39. The number of guanidine groups is 1. The van der Waals surface area contributed by atoms with Gasteiger partial charge in [-0.25, -0.2) is 5.84 Å². The van der Waals surface area contributed by atoms with Crippen molar-refractivity contribution in [1.29, 1.82) is 0 Å². The van der Waals surface area contributed by atoms with Gasteiger partial charge in [-0.3, -0.25) is 15.2 Å². The topological polar surface area (TPSA) is 106 Å². The zero-order chi connectivity index (χ0) is 10.8. The predicted molar refractivity (Wildman–Crippen MR) is 56.3 cm³/mol. The zero-order valence-corrected chi connectivity index (χ0v) is 8.55. The third kappa shape index (κ3) is 7.35. The molecular formula is C8H19N5O. The molecule has 0 bridgehead atoms. The molecule has 0 aromatic carbocycles. The second kappa shape index (κ2) is 8.31. The Morgan fingerprint density at radius 3 is 2.71 bits per heavy atom. The van der Waals surface area contributed by atoms with Crippen LogP contribution in [0.3, 0.4) is 0 Å². The molecule has 0 rings (SSSR count). The molecule has 0 saturated heterocycles. The third-order valence-corrected chi connectivity index (χ3v) is 1.58. The summed E-state index contributed by atoms with van der Waals surface area (Å²) >= 11 is 0. The van der Waals surface area contributed by atoms with Crippen molar-refractivity contribution in [2.24, 2.45) is 16.6 Å². The summed E-state index contributed by atoms with van der Waals surface area (Å²) in [5, 5.41) is 2.87. The van der Waals surface area contributed by atoms with Gasteiger partial charge >= 0.3 is 0 Å². The second-order valence-electron chi connectivity index (χ2n) is 2.87. The van der Waals surface area contributed by atoms with Gasteiger partial charge in [0.1, 0.15) is 0 Å². The van der Waals surface area contributed by atoms with Crippen LogP contribution < -0.4 is 22.3 Å². The molecule has 14 heavy (non-hydrogen) atoms. The minimum absolute atomic E-state index is 0.272. The quantitative estimate of drug-likeness (QED) is 0.146. The lowest BCUT2D eigenvalue weighted by Gasteiger charge is -2.07. The van der Waals surface area contributed by atoms with Crippen molar-refractivity contribution < 1.29 is 4.79 Å². The molecule has 0 unspecified atom stereocenters. The summed E-state index contributed by atoms with van der Waals surface area (Å²) in [5.74, 6) is 5.37. The lowest BCUT2D eigenvalue weighted by atomic mass is 10.3. The molecular weight excluding hydrogens is 182 g/mol. The minimum Gasteiger partial charge on any atom is -0.370 e. The van der Waals surface area contributed by atoms with Crippen LogP contribution in [-0.4, -0.2) is 25.0 Å². The van der Waals surface area contributed by atoms with Crippen LogP contribution in [0.4, 0.5) is 0 Å². The van der Waals surface area contributed by atoms with E-state index in [1.54, 1.807) is 0 Å². The Kier molecular flexibility index (Phi) is 7.53. The summed E-state index contributed by atoms with van der Waals surface area (Å²) in [4.78, 5) is 14.6. The van der Waals surface area contributed by atoms with Crippen LogP contribution in [0.2, 0.25) is 0 Å². The van der Waals surface area contributed by atoms with Crippen LogP contribution in [0, 0.1) is 0 Å². The number of rotatable bonds is 6. The lowest BCUT2D eigenvalue weighted by molar-refractivity contribution is -0.117. The normalized spacial score (nSPS) is 11.1. The first-order valence-corrected chi connectivity index (χ1v) is 4.74. The van der Waals surface area contributed by atoms with Crippen LogP contribution in [0.15, 0.2) is 4.99 Å². The van der Waals surface area contributed by atoms with E-state index in [2.05, 4.69) is 22.7 Å². The Balaban J connectivity index is 3.66. The number of nitrogens with one attached hydrogen (secondary N) is 2. The molecule has 6 heteroatoms. The van der Waals surface area contributed by atoms with Crippen LogP contribution in [0.25, 0.3) is 0 Å². The molecule has 0 heterocycles. The van der Waals surface area contributed by atoms with E-state index in [4.69, 9.17) is 11.6 Å². The zero-order valence-electron chi connectivity index (χ0n) is 8.55. The van der Waals surface area contributed by atoms with Gasteiger partial charge in [-0.15, -0.1) is 0 Å². The molecule has 0 atom stereocenters. The van der Waals surface area contributed by atoms with E-state index in [0.717, 1.165) is 19.4 Å². The number of hydrogen-bond acceptors (Lipinski definition) is 3. The van der Waals surface area contributed by atoms with Gasteiger partial charge in [0.15, 0.2) is 0 Å². The Morgan fingerprint density at radius 1 is 1.50 bits per heavy atom. The fourth-order valence-electron chi connectivity index (χ4n) is 0.806. The van der Waals surface area contributed by atoms with Gasteiger partial charge in [0.2, 0.25) is 11.9 Å². The Bertz CT molecular complexity index is 192. The SMILES string of the molecule is CCCCN=C(NN)NCCC(N)=O. The lowest BCUT2D eigenvalue weighted by Crippen LogP contribution is -2.42. The summed E-state index contributed by atoms with van der Waals surface area (Å²) in [6.07, 6.45) is 2.37. The van der Waals surface area contributed by atoms with Crippen molar-refractivity contribution in [3.63, 3.8) is 0 Å². The fraction of sp³-hybridized carbons (Fsp3) is 0.750. The molecule has 0 aromatic heterocycles. The van der Waals surface area contributed by atoms with E-state index in [1.807, 2.05) is 0 Å². The summed E-state index contributed by atoms with van der Waals surface area (Å²) in [7, 11) is 0. The van der Waals surface area contributed by atoms with Crippen LogP contribution in [-0.2, 0) is 4.79 Å². The molecule has 6 N–H and O–H groups in total. The predicted octanol–water partition coefficient (Wildman–Crippen LogP) is -0.929. The average molecular weight is 201 g/mol. The second-order valence-corrected chi connectivity index (χ2v) is 2.87. The van der Waals surface area contributed by atoms with Crippen molar-refractivity contribution >= 4 is 11.9 Å². The van der Waals surface area contributed by atoms with Gasteiger partial charge in [-0.2, -0.15) is 0 Å². The number of hydrogen-bond donors (Lipinski definition) is 4. The highest BCUT2D eigenvalue weighted by molar-refractivity contribution is 5.80. The third-order valence-electron chi connectivity index (χ3n) is 1.58. The van der Waals surface area contributed by atoms with Crippen molar-refractivity contribution in [2.75, 3.05) is 13.1 Å². The number of hydrazine groups is 1. The molecule has 0 aliphatic carbocycles. The molecule has 0 aromatic rings. The highest BCUT2D eigenvalue weighted by Crippen LogP contribution is 1.86. The number of primary amides is 1. The van der Waals surface area contributed by atoms with Crippen LogP contribution >= 0.6 is 0 Å². The van der Waals surface area contributed by atoms with Gasteiger partial charge < -0.3 is 11.1 Å². The van der Waals surface area contributed by atoms with Crippen LogP contribution in [0.5, 0.6) is 0 Å². The first kappa shape index (κ1) is 12.7. The number of carbonyl (C=O) groups excluding carboxylic acids is 1. The molecule has 1 amide bonds. The van der Waals surface area contributed by atoms with Crippen LogP contribution in [0.1, 0.15) is 26.2 Å². The fourth-order valence-corrected chi connectivity index (χ4v) is 0.806. The molecule has 0 radical (unpaired) electrons. The summed E-state index contributed by atoms with van der Waals surface area (Å²) in [6.45, 7) is 3.26. The van der Waals surface area contributed by atoms with Crippen molar-refractivity contribution in [1.82, 2.24) is 10.7 Å². The smallest absolute Gasteiger partial charge is 0.219 e. The Hall–Kier alpha value is -1.30. The first-order valence-electron chi connectivity index (χ1n) is 4.74. The molecule has 6 nitrogen and oxygen atoms in total. The number of nitrogens with two attached hydrogens (primary N) is 2. The molecule has 82 valence electrons. The number of carbonyl (C=O) groups is 1. The molecule has 0 aliphatic rings. The molecule has 0 aliphatic heterocycles. The molecule has 0 fully saturated rings. The van der Waals surface area contributed by atoms with Gasteiger partial charge in [0.05, 0.1) is 0 Å².